The molecule has 0 rings (SSSR count). The van der Waals surface area contributed by atoms with Crippen molar-refractivity contribution in [2.24, 2.45) is 0 Å². The largest absolute Gasteiger partial charge is 2.00 e. The zero-order valence-electron chi connectivity index (χ0n) is 7.28. The minimum atomic E-state index is -2.31. The zero-order valence-corrected chi connectivity index (χ0v) is 9.48. The van der Waals surface area contributed by atoms with Gasteiger partial charge in [-0.3, -0.25) is 0 Å². The third-order valence-corrected chi connectivity index (χ3v) is 1.50. The normalized spacial score (nSPS) is 18.9. The van der Waals surface area contributed by atoms with Gasteiger partial charge in [0.15, 0.2) is 0 Å². The van der Waals surface area contributed by atoms with E-state index < -0.39 is 37.0 Å². The Balaban J connectivity index is 0. The fourth-order valence-corrected chi connectivity index (χ4v) is 0.662. The van der Waals surface area contributed by atoms with Crippen LogP contribution in [0.4, 0.5) is 0 Å². The van der Waals surface area contributed by atoms with Crippen LogP contribution in [0.1, 0.15) is 0 Å². The van der Waals surface area contributed by atoms with E-state index in [1.54, 1.807) is 0 Å². The molecule has 0 heterocycles. The SMILES string of the molecule is O=C([O-])[C@H](O)[C@@H](O)[C@H](O)[C@H](O)CO.[Ca+2]. The van der Waals surface area contributed by atoms with Crippen molar-refractivity contribution in [3.63, 3.8) is 0 Å². The molecule has 0 fully saturated rings. The Labute approximate surface area is 110 Å². The summed E-state index contributed by atoms with van der Waals surface area (Å²) in [5, 5.41) is 53.4. The molecular weight excluding hydrogens is 224 g/mol. The molecule has 14 heavy (non-hydrogen) atoms. The predicted molar refractivity (Wildman–Crippen MR) is 41.9 cm³/mol. The fourth-order valence-electron chi connectivity index (χ4n) is 0.662. The summed E-state index contributed by atoms with van der Waals surface area (Å²) in [6.45, 7) is -0.863. The Morgan fingerprint density at radius 1 is 1.14 bits per heavy atom. The third-order valence-electron chi connectivity index (χ3n) is 1.50. The first-order valence-corrected chi connectivity index (χ1v) is 3.45. The van der Waals surface area contributed by atoms with Gasteiger partial charge in [-0.2, -0.15) is 0 Å². The topological polar surface area (TPSA) is 141 Å². The fraction of sp³-hybridized carbons (Fsp3) is 0.833. The van der Waals surface area contributed by atoms with Crippen LogP contribution in [0.5, 0.6) is 0 Å². The first-order chi connectivity index (χ1) is 5.91. The van der Waals surface area contributed by atoms with E-state index in [1.807, 2.05) is 0 Å². The van der Waals surface area contributed by atoms with Crippen LogP contribution in [0.25, 0.3) is 0 Å². The van der Waals surface area contributed by atoms with Crippen molar-refractivity contribution in [3.05, 3.63) is 0 Å². The number of hydrogen-bond donors (Lipinski definition) is 5. The number of rotatable bonds is 5. The summed E-state index contributed by atoms with van der Waals surface area (Å²) < 4.78 is 0. The molecule has 0 aliphatic rings. The number of aliphatic hydroxyl groups excluding tert-OH is 5. The molecule has 5 N–H and O–H groups in total. The van der Waals surface area contributed by atoms with Crippen LogP contribution in [0.2, 0.25) is 0 Å². The monoisotopic (exact) mass is 235 g/mol. The smallest absolute Gasteiger partial charge is 0.547 e. The molecule has 0 amide bonds. The minimum absolute atomic E-state index is 0. The Bertz CT molecular complexity index is 176. The van der Waals surface area contributed by atoms with Gasteiger partial charge >= 0.3 is 37.7 Å². The van der Waals surface area contributed by atoms with Gasteiger partial charge in [-0.1, -0.05) is 0 Å². The van der Waals surface area contributed by atoms with Gasteiger partial charge in [-0.05, 0) is 0 Å². The van der Waals surface area contributed by atoms with E-state index in [4.69, 9.17) is 25.5 Å². The molecule has 0 aliphatic carbocycles. The van der Waals surface area contributed by atoms with E-state index in [-0.39, 0.29) is 37.7 Å². The van der Waals surface area contributed by atoms with Gasteiger partial charge in [0.25, 0.3) is 0 Å². The van der Waals surface area contributed by atoms with Gasteiger partial charge in [0.05, 0.1) is 12.6 Å². The number of carboxylic acid groups (broad SMARTS) is 1. The second-order valence-electron chi connectivity index (χ2n) is 2.49. The number of carboxylic acids is 1. The molecule has 0 aromatic rings. The summed E-state index contributed by atoms with van der Waals surface area (Å²) in [5.74, 6) is -1.98. The summed E-state index contributed by atoms with van der Waals surface area (Å²) in [6.07, 6.45) is -8.08. The summed E-state index contributed by atoms with van der Waals surface area (Å²) in [5.41, 5.74) is 0. The van der Waals surface area contributed by atoms with Crippen LogP contribution in [0, 0.1) is 0 Å². The molecule has 0 saturated heterocycles. The second-order valence-corrected chi connectivity index (χ2v) is 2.49. The molecule has 4 atom stereocenters. The first-order valence-electron chi connectivity index (χ1n) is 3.45. The number of carbonyl (C=O) groups is 1. The van der Waals surface area contributed by atoms with E-state index in [1.165, 1.54) is 0 Å². The van der Waals surface area contributed by atoms with Gasteiger partial charge in [-0.15, -0.1) is 0 Å². The van der Waals surface area contributed by atoms with E-state index >= 15 is 0 Å². The van der Waals surface area contributed by atoms with Crippen molar-refractivity contribution < 1.29 is 35.4 Å². The molecule has 0 bridgehead atoms. The van der Waals surface area contributed by atoms with Crippen molar-refractivity contribution >= 4 is 43.7 Å². The predicted octanol–water partition coefficient (Wildman–Crippen LogP) is -5.21. The zero-order chi connectivity index (χ0) is 10.6. The maximum Gasteiger partial charge on any atom is 2.00 e. The van der Waals surface area contributed by atoms with Gasteiger partial charge in [0.1, 0.15) is 24.4 Å². The van der Waals surface area contributed by atoms with Crippen LogP contribution in [0.15, 0.2) is 0 Å². The Hall–Kier alpha value is 0.530. The maximum atomic E-state index is 9.98. The average molecular weight is 235 g/mol. The molecule has 8 heteroatoms. The standard InChI is InChI=1S/C6H12O7.Ca/c7-1-2(8)3(9)4(10)5(11)6(12)13;/h2-5,7-11H,1H2,(H,12,13);/q;+2/p-1/t2-,3-,4+,5-;/m1./s1. The van der Waals surface area contributed by atoms with Crippen molar-refractivity contribution in [2.75, 3.05) is 6.61 Å². The molecule has 0 aliphatic heterocycles. The minimum Gasteiger partial charge on any atom is -0.547 e. The molecule has 0 spiro atoms. The summed E-state index contributed by atoms with van der Waals surface area (Å²) >= 11 is 0. The van der Waals surface area contributed by atoms with E-state index in [2.05, 4.69) is 0 Å². The van der Waals surface area contributed by atoms with Crippen molar-refractivity contribution in [1.82, 2.24) is 0 Å². The maximum absolute atomic E-state index is 9.98. The van der Waals surface area contributed by atoms with Crippen LogP contribution < -0.4 is 5.11 Å². The van der Waals surface area contributed by atoms with Crippen molar-refractivity contribution in [3.8, 4) is 0 Å². The first kappa shape index (κ1) is 16.9. The van der Waals surface area contributed by atoms with Gasteiger partial charge in [-0.25, -0.2) is 0 Å². The molecule has 0 radical (unpaired) electrons. The van der Waals surface area contributed by atoms with Gasteiger partial charge < -0.3 is 35.4 Å². The molecule has 0 aromatic heterocycles. The number of aliphatic hydroxyl groups is 5. The van der Waals surface area contributed by atoms with Gasteiger partial charge in [0.2, 0.25) is 0 Å². The number of aliphatic carboxylic acids is 1. The van der Waals surface area contributed by atoms with Gasteiger partial charge in [0, 0.05) is 0 Å². The van der Waals surface area contributed by atoms with Crippen molar-refractivity contribution in [1.29, 1.82) is 0 Å². The van der Waals surface area contributed by atoms with E-state index in [0.717, 1.165) is 0 Å². The Morgan fingerprint density at radius 3 is 1.86 bits per heavy atom. The molecule has 0 unspecified atom stereocenters. The second kappa shape index (κ2) is 7.77. The van der Waals surface area contributed by atoms with E-state index in [0.29, 0.717) is 0 Å². The molecular formula is C6H11CaO7+. The Morgan fingerprint density at radius 2 is 1.57 bits per heavy atom. The average Bonchev–Trinajstić information content (AvgIpc) is 2.12. The van der Waals surface area contributed by atoms with Crippen LogP contribution in [0.3, 0.4) is 0 Å². The summed E-state index contributed by atoms with van der Waals surface area (Å²) in [7, 11) is 0. The number of carbonyl (C=O) groups excluding carboxylic acids is 1. The number of hydrogen-bond acceptors (Lipinski definition) is 7. The van der Waals surface area contributed by atoms with Crippen molar-refractivity contribution in [2.45, 2.75) is 24.4 Å². The van der Waals surface area contributed by atoms with Crippen LogP contribution in [-0.2, 0) is 4.79 Å². The molecule has 0 aromatic carbocycles. The van der Waals surface area contributed by atoms with Crippen LogP contribution in [-0.4, -0.2) is 100 Å². The molecule has 78 valence electrons. The third kappa shape index (κ3) is 4.85. The Kier molecular flexibility index (Phi) is 9.41. The molecule has 7 nitrogen and oxygen atoms in total. The molecule has 0 saturated carbocycles. The summed E-state index contributed by atoms with van der Waals surface area (Å²) in [6, 6.07) is 0. The van der Waals surface area contributed by atoms with E-state index in [9.17, 15) is 9.90 Å². The summed E-state index contributed by atoms with van der Waals surface area (Å²) in [4.78, 5) is 9.98. The van der Waals surface area contributed by atoms with Crippen LogP contribution >= 0.6 is 0 Å². The quantitative estimate of drug-likeness (QED) is 0.300.